The van der Waals surface area contributed by atoms with E-state index in [2.05, 4.69) is 10.2 Å². The molecule has 120 valence electrons. The summed E-state index contributed by atoms with van der Waals surface area (Å²) in [6, 6.07) is -0.808. The Labute approximate surface area is 123 Å². The third-order valence-corrected chi connectivity index (χ3v) is 2.47. The molecule has 0 aliphatic rings. The molecule has 2 unspecified atom stereocenters. The second kappa shape index (κ2) is 10.6. The van der Waals surface area contributed by atoms with Gasteiger partial charge in [-0.25, -0.2) is 4.79 Å². The summed E-state index contributed by atoms with van der Waals surface area (Å²) >= 11 is 0. The summed E-state index contributed by atoms with van der Waals surface area (Å²) in [5.74, 6) is -0.894. The van der Waals surface area contributed by atoms with Crippen LogP contribution < -0.4 is 5.32 Å². The van der Waals surface area contributed by atoms with Crippen LogP contribution in [0.4, 0.5) is 0 Å². The number of unbranched alkanes of at least 4 members (excludes halogenated alkanes) is 1. The summed E-state index contributed by atoms with van der Waals surface area (Å²) in [7, 11) is 0. The molecular weight excluding hydrogens is 280 g/mol. The van der Waals surface area contributed by atoms with Crippen molar-refractivity contribution in [2.45, 2.75) is 52.2 Å². The van der Waals surface area contributed by atoms with Gasteiger partial charge >= 0.3 is 5.97 Å². The third-order valence-electron chi connectivity index (χ3n) is 2.47. The first kappa shape index (κ1) is 18.9. The van der Waals surface area contributed by atoms with Crippen molar-refractivity contribution in [1.82, 2.24) is 5.32 Å². The largest absolute Gasteiger partial charge is 0.459 e. The number of esters is 1. The Hall–Kier alpha value is -2.12. The van der Waals surface area contributed by atoms with E-state index in [-0.39, 0.29) is 12.5 Å². The minimum Gasteiger partial charge on any atom is -0.459 e. The van der Waals surface area contributed by atoms with Gasteiger partial charge in [-0.05, 0) is 33.6 Å². The van der Waals surface area contributed by atoms with Gasteiger partial charge in [0, 0.05) is 6.42 Å². The fraction of sp³-hybridized carbons (Fsp3) is 0.692. The van der Waals surface area contributed by atoms with Gasteiger partial charge in [0.05, 0.1) is 0 Å². The van der Waals surface area contributed by atoms with Crippen LogP contribution in [0, 0.1) is 10.1 Å². The topological polar surface area (TPSA) is 108 Å². The number of hydrogen-bond acceptors (Lipinski definition) is 6. The lowest BCUT2D eigenvalue weighted by molar-refractivity contribution is -0.759. The van der Waals surface area contributed by atoms with Gasteiger partial charge < -0.3 is 14.9 Å². The highest BCUT2D eigenvalue weighted by Gasteiger charge is 2.19. The molecule has 21 heavy (non-hydrogen) atoms. The molecule has 1 N–H and O–H groups in total. The molecule has 2 atom stereocenters. The maximum Gasteiger partial charge on any atom is 0.328 e. The zero-order chi connectivity index (χ0) is 16.3. The predicted octanol–water partition coefficient (Wildman–Crippen LogP) is 1.38. The third kappa shape index (κ3) is 10.3. The van der Waals surface area contributed by atoms with E-state index in [4.69, 9.17) is 4.74 Å². The number of carbonyl (C=O) groups excluding carboxylic acids is 2. The fourth-order valence-corrected chi connectivity index (χ4v) is 1.42. The van der Waals surface area contributed by atoms with Crippen molar-refractivity contribution in [3.8, 4) is 0 Å². The van der Waals surface area contributed by atoms with Crippen LogP contribution in [0.1, 0.15) is 40.0 Å². The molecule has 8 nitrogen and oxygen atoms in total. The molecule has 0 saturated carbocycles. The summed E-state index contributed by atoms with van der Waals surface area (Å²) in [4.78, 5) is 37.3. The van der Waals surface area contributed by atoms with E-state index in [1.54, 1.807) is 0 Å². The van der Waals surface area contributed by atoms with Crippen LogP contribution >= 0.6 is 0 Å². The summed E-state index contributed by atoms with van der Waals surface area (Å²) in [5.41, 5.74) is 0. The summed E-state index contributed by atoms with van der Waals surface area (Å²) in [6.45, 7) is 4.52. The molecular formula is C13H22N2O6. The molecule has 0 radical (unpaired) electrons. The quantitative estimate of drug-likeness (QED) is 0.215. The Balaban J connectivity index is 3.97. The van der Waals surface area contributed by atoms with Gasteiger partial charge in [0.1, 0.15) is 18.8 Å². The predicted molar refractivity (Wildman–Crippen MR) is 74.8 cm³/mol. The van der Waals surface area contributed by atoms with E-state index in [1.165, 1.54) is 13.8 Å². The number of allylic oxidation sites excluding steroid dienone is 2. The average Bonchev–Trinajstić information content (AvgIpc) is 2.41. The van der Waals surface area contributed by atoms with Gasteiger partial charge in [-0.15, -0.1) is 10.1 Å². The summed E-state index contributed by atoms with van der Waals surface area (Å²) in [6.07, 6.45) is 4.93. The number of rotatable bonds is 10. The molecule has 8 heteroatoms. The van der Waals surface area contributed by atoms with Gasteiger partial charge in [0.2, 0.25) is 5.91 Å². The van der Waals surface area contributed by atoms with Crippen LogP contribution in [0.3, 0.4) is 0 Å². The highest BCUT2D eigenvalue weighted by molar-refractivity contribution is 5.84. The Morgan fingerprint density at radius 1 is 1.38 bits per heavy atom. The number of carbonyl (C=O) groups is 2. The van der Waals surface area contributed by atoms with Crippen molar-refractivity contribution in [3.63, 3.8) is 0 Å². The van der Waals surface area contributed by atoms with Crippen LogP contribution in [0.15, 0.2) is 12.2 Å². The minimum absolute atomic E-state index is 0.238. The van der Waals surface area contributed by atoms with E-state index in [0.717, 1.165) is 6.42 Å². The molecule has 0 aliphatic carbocycles. The Morgan fingerprint density at radius 2 is 2.05 bits per heavy atom. The smallest absolute Gasteiger partial charge is 0.328 e. The first-order chi connectivity index (χ1) is 9.86. The molecule has 0 fully saturated rings. The molecule has 0 heterocycles. The normalized spacial score (nSPS) is 13.5. The second-order valence-electron chi connectivity index (χ2n) is 4.52. The minimum atomic E-state index is -0.958. The lowest BCUT2D eigenvalue weighted by Crippen LogP contribution is -2.41. The number of amides is 1. The first-order valence-corrected chi connectivity index (χ1v) is 6.75. The number of nitrogens with one attached hydrogen (secondary N) is 1. The fourth-order valence-electron chi connectivity index (χ4n) is 1.42. The molecule has 0 rings (SSSR count). The molecule has 0 aromatic rings. The van der Waals surface area contributed by atoms with Gasteiger partial charge in [-0.1, -0.05) is 12.2 Å². The van der Waals surface area contributed by atoms with Crippen LogP contribution in [0.5, 0.6) is 0 Å². The van der Waals surface area contributed by atoms with Gasteiger partial charge in [0.15, 0.2) is 0 Å². The van der Waals surface area contributed by atoms with E-state index in [0.29, 0.717) is 12.8 Å². The van der Waals surface area contributed by atoms with Crippen LogP contribution in [0.2, 0.25) is 0 Å². The molecule has 1 amide bonds. The van der Waals surface area contributed by atoms with Gasteiger partial charge in [0.25, 0.3) is 5.09 Å². The zero-order valence-electron chi connectivity index (χ0n) is 12.5. The van der Waals surface area contributed by atoms with Crippen molar-refractivity contribution in [1.29, 1.82) is 0 Å². The van der Waals surface area contributed by atoms with Crippen molar-refractivity contribution >= 4 is 11.9 Å². The molecule has 0 spiro atoms. The maximum absolute atomic E-state index is 11.6. The highest BCUT2D eigenvalue weighted by atomic mass is 17.0. The monoisotopic (exact) mass is 302 g/mol. The lowest BCUT2D eigenvalue weighted by atomic mass is 10.2. The number of ether oxygens (including phenoxy) is 1. The molecule has 0 aliphatic heterocycles. The number of nitrogens with zero attached hydrogens (tertiary/aromatic N) is 1. The SMILES string of the molecule is C/C=C\CCCC(=O)NC(C)C(=O)OC(C)CO[N+](=O)[O-]. The van der Waals surface area contributed by atoms with Gasteiger partial charge in [-0.3, -0.25) is 4.79 Å². The van der Waals surface area contributed by atoms with Crippen LogP contribution in [-0.2, 0) is 19.2 Å². The molecule has 0 bridgehead atoms. The number of hydrogen-bond donors (Lipinski definition) is 1. The Bertz CT molecular complexity index is 383. The highest BCUT2D eigenvalue weighted by Crippen LogP contribution is 2.00. The van der Waals surface area contributed by atoms with E-state index in [9.17, 15) is 19.7 Å². The maximum atomic E-state index is 11.6. The standard InChI is InChI=1S/C13H22N2O6/c1-4-5-6-7-8-12(16)14-11(3)13(17)21-10(2)9-20-15(18)19/h4-5,10-11H,6-9H2,1-3H3,(H,14,16)/b5-4-. The first-order valence-electron chi connectivity index (χ1n) is 6.75. The molecule has 0 aromatic heterocycles. The van der Waals surface area contributed by atoms with E-state index < -0.39 is 23.2 Å². The van der Waals surface area contributed by atoms with Crippen molar-refractivity contribution in [3.05, 3.63) is 22.3 Å². The van der Waals surface area contributed by atoms with Crippen LogP contribution in [0.25, 0.3) is 0 Å². The Morgan fingerprint density at radius 3 is 2.62 bits per heavy atom. The second-order valence-corrected chi connectivity index (χ2v) is 4.52. The van der Waals surface area contributed by atoms with Gasteiger partial charge in [-0.2, -0.15) is 0 Å². The summed E-state index contributed by atoms with van der Waals surface area (Å²) < 4.78 is 4.91. The van der Waals surface area contributed by atoms with E-state index in [1.807, 2.05) is 19.1 Å². The van der Waals surface area contributed by atoms with E-state index >= 15 is 0 Å². The summed E-state index contributed by atoms with van der Waals surface area (Å²) in [5, 5.41) is 11.6. The molecule has 0 aromatic carbocycles. The molecule has 0 saturated heterocycles. The average molecular weight is 302 g/mol. The van der Waals surface area contributed by atoms with Crippen molar-refractivity contribution < 1.29 is 24.3 Å². The van der Waals surface area contributed by atoms with Crippen LogP contribution in [-0.4, -0.2) is 35.7 Å². The van der Waals surface area contributed by atoms with Crippen molar-refractivity contribution in [2.75, 3.05) is 6.61 Å². The zero-order valence-corrected chi connectivity index (χ0v) is 12.5. The lowest BCUT2D eigenvalue weighted by Gasteiger charge is -2.17. The van der Waals surface area contributed by atoms with Crippen molar-refractivity contribution in [2.24, 2.45) is 0 Å². The Kier molecular flexibility index (Phi) is 9.57.